The second-order valence-electron chi connectivity index (χ2n) is 3.73. The Morgan fingerprint density at radius 3 is 2.55 bits per heavy atom. The first kappa shape index (κ1) is 13.1. The molecule has 1 aromatic rings. The van der Waals surface area contributed by atoms with Crippen molar-refractivity contribution in [2.24, 2.45) is 10.2 Å². The Labute approximate surface area is 114 Å². The average Bonchev–Trinajstić information content (AvgIpc) is 2.50. The number of nitrogens with zero attached hydrogens (tertiary/aromatic N) is 4. The number of nitriles is 2. The summed E-state index contributed by atoms with van der Waals surface area (Å²) in [7, 11) is 0. The normalized spacial score (nSPS) is 12.9. The lowest BCUT2D eigenvalue weighted by Crippen LogP contribution is -2.42. The summed E-state index contributed by atoms with van der Waals surface area (Å²) >= 11 is 0. The van der Waals surface area contributed by atoms with Crippen LogP contribution in [0.4, 0.5) is 10.5 Å². The monoisotopic (exact) mass is 267 g/mol. The van der Waals surface area contributed by atoms with Gasteiger partial charge in [-0.3, -0.25) is 5.43 Å². The Morgan fingerprint density at radius 1 is 1.30 bits per heavy atom. The molecule has 0 radical (unpaired) electrons. The summed E-state index contributed by atoms with van der Waals surface area (Å²) in [6.45, 7) is 0.351. The van der Waals surface area contributed by atoms with Crippen LogP contribution < -0.4 is 16.2 Å². The maximum Gasteiger partial charge on any atom is 0.335 e. The second-order valence-corrected chi connectivity index (χ2v) is 3.73. The molecule has 98 valence electrons. The zero-order valence-electron chi connectivity index (χ0n) is 10.2. The number of rotatable bonds is 3. The largest absolute Gasteiger partial charge is 0.335 e. The van der Waals surface area contributed by atoms with Gasteiger partial charge < -0.3 is 5.32 Å². The van der Waals surface area contributed by atoms with E-state index in [4.69, 9.17) is 10.5 Å². The van der Waals surface area contributed by atoms with E-state index in [0.29, 0.717) is 17.9 Å². The SMILES string of the molecule is N#CC(C#N)=NNc1ccc(C2=NNC(=O)NC2)cc1. The van der Waals surface area contributed by atoms with Crippen LogP contribution in [0, 0.1) is 22.7 Å². The molecule has 3 N–H and O–H groups in total. The van der Waals surface area contributed by atoms with Gasteiger partial charge in [-0.1, -0.05) is 12.1 Å². The Balaban J connectivity index is 2.08. The topological polar surface area (TPSA) is 125 Å². The molecule has 1 aromatic carbocycles. The molecule has 0 saturated carbocycles. The van der Waals surface area contributed by atoms with Crippen molar-refractivity contribution in [3.05, 3.63) is 29.8 Å². The van der Waals surface area contributed by atoms with Gasteiger partial charge in [0, 0.05) is 0 Å². The summed E-state index contributed by atoms with van der Waals surface area (Å²) in [4.78, 5) is 10.9. The summed E-state index contributed by atoms with van der Waals surface area (Å²) in [5, 5.41) is 27.2. The van der Waals surface area contributed by atoms with E-state index in [0.717, 1.165) is 5.56 Å². The predicted octanol–water partition coefficient (Wildman–Crippen LogP) is 0.519. The Hall–Kier alpha value is -3.39. The van der Waals surface area contributed by atoms with Crippen molar-refractivity contribution < 1.29 is 4.79 Å². The average molecular weight is 267 g/mol. The fraction of sp³-hybridized carbons (Fsp3) is 0.0833. The van der Waals surface area contributed by atoms with Crippen LogP contribution >= 0.6 is 0 Å². The van der Waals surface area contributed by atoms with E-state index in [-0.39, 0.29) is 11.7 Å². The fourth-order valence-corrected chi connectivity index (χ4v) is 1.46. The van der Waals surface area contributed by atoms with Crippen molar-refractivity contribution in [3.8, 4) is 12.1 Å². The minimum absolute atomic E-state index is 0.252. The molecule has 0 spiro atoms. The second kappa shape index (κ2) is 5.98. The third-order valence-electron chi connectivity index (χ3n) is 2.44. The molecule has 1 heterocycles. The molecule has 1 aliphatic rings. The standard InChI is InChI=1S/C12H9N7O/c13-5-10(6-14)17-16-9-3-1-8(2-4-9)11-7-15-12(20)19-18-11/h1-4,16H,7H2,(H2,15,19,20). The van der Waals surface area contributed by atoms with Gasteiger partial charge >= 0.3 is 6.03 Å². The van der Waals surface area contributed by atoms with E-state index in [2.05, 4.69) is 26.4 Å². The van der Waals surface area contributed by atoms with Gasteiger partial charge in [0.1, 0.15) is 12.1 Å². The van der Waals surface area contributed by atoms with E-state index in [1.165, 1.54) is 0 Å². The number of urea groups is 1. The molecule has 8 heteroatoms. The minimum Gasteiger partial charge on any atom is -0.331 e. The van der Waals surface area contributed by atoms with Crippen molar-refractivity contribution in [1.82, 2.24) is 10.7 Å². The zero-order chi connectivity index (χ0) is 14.4. The maximum absolute atomic E-state index is 10.9. The van der Waals surface area contributed by atoms with Crippen LogP contribution in [0.2, 0.25) is 0 Å². The smallest absolute Gasteiger partial charge is 0.331 e. The molecule has 0 aliphatic carbocycles. The molecule has 0 fully saturated rings. The van der Waals surface area contributed by atoms with Crippen LogP contribution in [0.3, 0.4) is 0 Å². The van der Waals surface area contributed by atoms with Crippen LogP contribution in [-0.4, -0.2) is 24.0 Å². The van der Waals surface area contributed by atoms with Crippen LogP contribution in [-0.2, 0) is 0 Å². The molecule has 0 saturated heterocycles. The van der Waals surface area contributed by atoms with Gasteiger partial charge in [0.05, 0.1) is 17.9 Å². The quantitative estimate of drug-likeness (QED) is 0.545. The third-order valence-corrected chi connectivity index (χ3v) is 2.44. The van der Waals surface area contributed by atoms with E-state index in [1.807, 2.05) is 0 Å². The van der Waals surface area contributed by atoms with Crippen LogP contribution in [0.1, 0.15) is 5.56 Å². The molecule has 0 bridgehead atoms. The number of hydrogen-bond acceptors (Lipinski definition) is 6. The predicted molar refractivity (Wildman–Crippen MR) is 71.8 cm³/mol. The van der Waals surface area contributed by atoms with Gasteiger partial charge in [-0.25, -0.2) is 10.2 Å². The highest BCUT2D eigenvalue weighted by molar-refractivity contribution is 6.10. The number of anilines is 1. The summed E-state index contributed by atoms with van der Waals surface area (Å²) in [6, 6.07) is 9.99. The lowest BCUT2D eigenvalue weighted by Gasteiger charge is -2.14. The van der Waals surface area contributed by atoms with Crippen molar-refractivity contribution in [2.75, 3.05) is 12.0 Å². The Morgan fingerprint density at radius 2 is 2.00 bits per heavy atom. The number of hydrogen-bond donors (Lipinski definition) is 3. The maximum atomic E-state index is 10.9. The zero-order valence-corrected chi connectivity index (χ0v) is 10.2. The number of hydrazone groups is 2. The van der Waals surface area contributed by atoms with Crippen molar-refractivity contribution in [2.45, 2.75) is 0 Å². The van der Waals surface area contributed by atoms with E-state index < -0.39 is 0 Å². The highest BCUT2D eigenvalue weighted by Gasteiger charge is 2.11. The van der Waals surface area contributed by atoms with E-state index in [9.17, 15) is 4.79 Å². The highest BCUT2D eigenvalue weighted by Crippen LogP contribution is 2.11. The van der Waals surface area contributed by atoms with Gasteiger partial charge in [0.25, 0.3) is 0 Å². The Bertz CT molecular complexity index is 645. The Kier molecular flexibility index (Phi) is 3.90. The van der Waals surface area contributed by atoms with Crippen molar-refractivity contribution >= 4 is 23.1 Å². The summed E-state index contributed by atoms with van der Waals surface area (Å²) in [6.07, 6.45) is 0. The van der Waals surface area contributed by atoms with E-state index in [1.54, 1.807) is 36.4 Å². The van der Waals surface area contributed by atoms with Gasteiger partial charge in [0.15, 0.2) is 0 Å². The molecular weight excluding hydrogens is 258 g/mol. The van der Waals surface area contributed by atoms with Crippen LogP contribution in [0.5, 0.6) is 0 Å². The minimum atomic E-state index is -0.332. The molecule has 0 atom stereocenters. The van der Waals surface area contributed by atoms with Crippen LogP contribution in [0.25, 0.3) is 0 Å². The van der Waals surface area contributed by atoms with Gasteiger partial charge in [-0.05, 0) is 17.7 Å². The first-order valence-electron chi connectivity index (χ1n) is 5.57. The van der Waals surface area contributed by atoms with Crippen molar-refractivity contribution in [3.63, 3.8) is 0 Å². The number of amides is 2. The molecule has 20 heavy (non-hydrogen) atoms. The van der Waals surface area contributed by atoms with Gasteiger partial charge in [-0.15, -0.1) is 0 Å². The first-order chi connectivity index (χ1) is 9.72. The molecule has 2 amide bonds. The highest BCUT2D eigenvalue weighted by atomic mass is 16.2. The molecule has 0 unspecified atom stereocenters. The molecule has 8 nitrogen and oxygen atoms in total. The summed E-state index contributed by atoms with van der Waals surface area (Å²) in [5.74, 6) is 0. The van der Waals surface area contributed by atoms with Crippen LogP contribution in [0.15, 0.2) is 34.5 Å². The molecule has 2 rings (SSSR count). The first-order valence-corrected chi connectivity index (χ1v) is 5.57. The van der Waals surface area contributed by atoms with Gasteiger partial charge in [0.2, 0.25) is 5.71 Å². The molecule has 0 aromatic heterocycles. The number of carbonyl (C=O) groups excluding carboxylic acids is 1. The third kappa shape index (κ3) is 3.09. The lowest BCUT2D eigenvalue weighted by atomic mass is 10.1. The molecule has 1 aliphatic heterocycles. The summed E-state index contributed by atoms with van der Waals surface area (Å²) < 4.78 is 0. The fourth-order valence-electron chi connectivity index (χ4n) is 1.46. The van der Waals surface area contributed by atoms with Gasteiger partial charge in [-0.2, -0.15) is 20.7 Å². The molecular formula is C12H9N7O. The summed E-state index contributed by atoms with van der Waals surface area (Å²) in [5.41, 5.74) is 6.85. The van der Waals surface area contributed by atoms with Crippen molar-refractivity contribution in [1.29, 1.82) is 10.5 Å². The van der Waals surface area contributed by atoms with E-state index >= 15 is 0 Å². The number of nitrogens with one attached hydrogen (secondary N) is 3. The lowest BCUT2D eigenvalue weighted by molar-refractivity contribution is 0.241. The number of carbonyl (C=O) groups is 1. The number of benzene rings is 1.